The second kappa shape index (κ2) is 3.33. The van der Waals surface area contributed by atoms with Gasteiger partial charge in [-0.25, -0.2) is 4.39 Å². The van der Waals surface area contributed by atoms with Crippen LogP contribution in [0.15, 0.2) is 12.2 Å². The summed E-state index contributed by atoms with van der Waals surface area (Å²) in [5.74, 6) is -0.613. The lowest BCUT2D eigenvalue weighted by Crippen LogP contribution is -2.05. The van der Waals surface area contributed by atoms with Crippen LogP contribution < -0.4 is 5.73 Å². The van der Waals surface area contributed by atoms with Crippen molar-refractivity contribution < 1.29 is 9.18 Å². The highest BCUT2D eigenvalue weighted by Gasteiger charge is 1.77. The van der Waals surface area contributed by atoms with Crippen molar-refractivity contribution in [3.05, 3.63) is 12.2 Å². The zero-order chi connectivity index (χ0) is 5.70. The summed E-state index contributed by atoms with van der Waals surface area (Å²) in [6.45, 7) is -0.636. The Morgan fingerprint density at radius 3 is 2.57 bits per heavy atom. The molecule has 0 saturated heterocycles. The highest BCUT2D eigenvalue weighted by atomic mass is 19.1. The predicted octanol–water partition coefficient (Wildman–Crippen LogP) is -0.00260. The van der Waals surface area contributed by atoms with Gasteiger partial charge in [-0.15, -0.1) is 0 Å². The Bertz CT molecular complexity index is 89.7. The summed E-state index contributed by atoms with van der Waals surface area (Å²) in [5.41, 5.74) is 4.59. The van der Waals surface area contributed by atoms with E-state index in [1.807, 2.05) is 0 Å². The van der Waals surface area contributed by atoms with E-state index in [0.717, 1.165) is 12.2 Å². The molecule has 0 heterocycles. The fraction of sp³-hybridized carbons (Fsp3) is 0.250. The summed E-state index contributed by atoms with van der Waals surface area (Å²) in [7, 11) is 0. The van der Waals surface area contributed by atoms with Crippen molar-refractivity contribution in [1.82, 2.24) is 0 Å². The number of hydrogen-bond acceptors (Lipinski definition) is 1. The Morgan fingerprint density at radius 1 is 1.86 bits per heavy atom. The van der Waals surface area contributed by atoms with E-state index in [4.69, 9.17) is 0 Å². The van der Waals surface area contributed by atoms with E-state index in [-0.39, 0.29) is 0 Å². The molecular weight excluding hydrogens is 97.0 g/mol. The minimum absolute atomic E-state index is 0.613. The van der Waals surface area contributed by atoms with E-state index < -0.39 is 12.6 Å². The van der Waals surface area contributed by atoms with Crippen LogP contribution in [-0.4, -0.2) is 12.6 Å². The third-order valence-corrected chi connectivity index (χ3v) is 0.371. The van der Waals surface area contributed by atoms with Gasteiger partial charge in [0.05, 0.1) is 0 Å². The molecular formula is C4H6FNO. The molecule has 0 aliphatic heterocycles. The topological polar surface area (TPSA) is 43.1 Å². The fourth-order valence-corrected chi connectivity index (χ4v) is 0.161. The van der Waals surface area contributed by atoms with Crippen molar-refractivity contribution >= 4 is 5.91 Å². The lowest BCUT2D eigenvalue weighted by molar-refractivity contribution is -0.113. The molecule has 0 spiro atoms. The lowest BCUT2D eigenvalue weighted by Gasteiger charge is -1.73. The molecule has 0 bridgehead atoms. The normalized spacial score (nSPS) is 9.86. The Labute approximate surface area is 40.8 Å². The minimum Gasteiger partial charge on any atom is -0.366 e. The highest BCUT2D eigenvalue weighted by molar-refractivity contribution is 5.85. The molecule has 0 rings (SSSR count). The van der Waals surface area contributed by atoms with Crippen molar-refractivity contribution in [2.75, 3.05) is 6.67 Å². The van der Waals surface area contributed by atoms with Gasteiger partial charge < -0.3 is 5.73 Å². The summed E-state index contributed by atoms with van der Waals surface area (Å²) in [6, 6.07) is 0. The first-order chi connectivity index (χ1) is 3.27. The van der Waals surface area contributed by atoms with Crippen molar-refractivity contribution in [2.45, 2.75) is 0 Å². The molecule has 0 unspecified atom stereocenters. The maximum atomic E-state index is 11.1. The van der Waals surface area contributed by atoms with Gasteiger partial charge in [-0.05, 0) is 6.08 Å². The number of allylic oxidation sites excluding steroid dienone is 1. The van der Waals surface area contributed by atoms with Crippen molar-refractivity contribution in [3.63, 3.8) is 0 Å². The number of alkyl halides is 1. The van der Waals surface area contributed by atoms with Gasteiger partial charge in [0.2, 0.25) is 5.91 Å². The Kier molecular flexibility index (Phi) is 2.92. The lowest BCUT2D eigenvalue weighted by atomic mass is 10.5. The number of hydrogen-bond donors (Lipinski definition) is 1. The van der Waals surface area contributed by atoms with Crippen LogP contribution in [0, 0.1) is 0 Å². The molecule has 0 aromatic rings. The zero-order valence-electron chi connectivity index (χ0n) is 3.73. The quantitative estimate of drug-likeness (QED) is 0.491. The molecule has 0 aliphatic carbocycles. The molecule has 40 valence electrons. The molecule has 0 aromatic heterocycles. The van der Waals surface area contributed by atoms with E-state index in [9.17, 15) is 9.18 Å². The van der Waals surface area contributed by atoms with E-state index in [1.54, 1.807) is 0 Å². The molecule has 0 radical (unpaired) electrons. The molecule has 0 aromatic carbocycles. The first kappa shape index (κ1) is 6.14. The third-order valence-electron chi connectivity index (χ3n) is 0.371. The first-order valence-electron chi connectivity index (χ1n) is 1.79. The summed E-state index contributed by atoms with van der Waals surface area (Å²) < 4.78 is 11.1. The number of nitrogens with two attached hydrogens (primary N) is 1. The van der Waals surface area contributed by atoms with Gasteiger partial charge in [0.1, 0.15) is 6.67 Å². The van der Waals surface area contributed by atoms with Crippen LogP contribution in [0.25, 0.3) is 0 Å². The van der Waals surface area contributed by atoms with Crippen LogP contribution in [0.4, 0.5) is 4.39 Å². The first-order valence-corrected chi connectivity index (χ1v) is 1.79. The highest BCUT2D eigenvalue weighted by Crippen LogP contribution is 1.70. The Balaban J connectivity index is 3.26. The number of amides is 1. The van der Waals surface area contributed by atoms with Crippen LogP contribution >= 0.6 is 0 Å². The number of carbonyl (C=O) groups is 1. The number of primary amides is 1. The van der Waals surface area contributed by atoms with Crippen molar-refractivity contribution in [2.24, 2.45) is 5.73 Å². The molecule has 0 atom stereocenters. The fourth-order valence-electron chi connectivity index (χ4n) is 0.161. The smallest absolute Gasteiger partial charge is 0.241 e. The second-order valence-corrected chi connectivity index (χ2v) is 0.959. The standard InChI is InChI=1S/C4H6FNO/c5-3-1-2-4(6)7/h1-2H,3H2,(H2,6,7). The zero-order valence-corrected chi connectivity index (χ0v) is 3.73. The van der Waals surface area contributed by atoms with E-state index in [2.05, 4.69) is 5.73 Å². The van der Waals surface area contributed by atoms with Gasteiger partial charge in [-0.1, -0.05) is 0 Å². The summed E-state index contributed by atoms with van der Waals surface area (Å²) in [6.07, 6.45) is 2.04. The van der Waals surface area contributed by atoms with Crippen LogP contribution in [0.1, 0.15) is 0 Å². The molecule has 2 N–H and O–H groups in total. The van der Waals surface area contributed by atoms with E-state index in [0.29, 0.717) is 0 Å². The van der Waals surface area contributed by atoms with E-state index in [1.165, 1.54) is 0 Å². The Hall–Kier alpha value is -0.860. The molecule has 3 heteroatoms. The maximum Gasteiger partial charge on any atom is 0.241 e. The van der Waals surface area contributed by atoms with Crippen LogP contribution in [0.3, 0.4) is 0 Å². The van der Waals surface area contributed by atoms with Gasteiger partial charge in [0.15, 0.2) is 0 Å². The minimum atomic E-state index is -0.636. The molecule has 7 heavy (non-hydrogen) atoms. The second-order valence-electron chi connectivity index (χ2n) is 0.959. The predicted molar refractivity (Wildman–Crippen MR) is 24.3 cm³/mol. The molecule has 0 fully saturated rings. The van der Waals surface area contributed by atoms with Crippen LogP contribution in [0.5, 0.6) is 0 Å². The number of rotatable bonds is 2. The Morgan fingerprint density at radius 2 is 2.43 bits per heavy atom. The molecule has 0 saturated carbocycles. The average molecular weight is 103 g/mol. The molecule has 0 aliphatic rings. The summed E-state index contributed by atoms with van der Waals surface area (Å²) in [5, 5.41) is 0. The van der Waals surface area contributed by atoms with Gasteiger partial charge in [-0.2, -0.15) is 0 Å². The van der Waals surface area contributed by atoms with Gasteiger partial charge in [0, 0.05) is 6.08 Å². The molecule has 1 amide bonds. The number of carbonyl (C=O) groups excluding carboxylic acids is 1. The summed E-state index contributed by atoms with van der Waals surface area (Å²) in [4.78, 5) is 9.73. The largest absolute Gasteiger partial charge is 0.366 e. The maximum absolute atomic E-state index is 11.1. The SMILES string of the molecule is NC(=O)C=CCF. The van der Waals surface area contributed by atoms with Gasteiger partial charge in [-0.3, -0.25) is 4.79 Å². The van der Waals surface area contributed by atoms with Gasteiger partial charge in [0.25, 0.3) is 0 Å². The third kappa shape index (κ3) is 5.14. The van der Waals surface area contributed by atoms with Crippen molar-refractivity contribution in [3.8, 4) is 0 Å². The van der Waals surface area contributed by atoms with E-state index >= 15 is 0 Å². The monoisotopic (exact) mass is 103 g/mol. The van der Waals surface area contributed by atoms with Crippen LogP contribution in [-0.2, 0) is 4.79 Å². The number of halogens is 1. The average Bonchev–Trinajstić information content (AvgIpc) is 1.61. The molecule has 2 nitrogen and oxygen atoms in total. The van der Waals surface area contributed by atoms with Gasteiger partial charge >= 0.3 is 0 Å². The van der Waals surface area contributed by atoms with Crippen LogP contribution in [0.2, 0.25) is 0 Å². The van der Waals surface area contributed by atoms with Crippen molar-refractivity contribution in [1.29, 1.82) is 0 Å². The summed E-state index contributed by atoms with van der Waals surface area (Å²) >= 11 is 0.